The number of fused-ring (bicyclic) bond motifs is 1. The quantitative estimate of drug-likeness (QED) is 0.482. The molecule has 5 nitrogen and oxygen atoms in total. The van der Waals surface area contributed by atoms with E-state index in [-0.39, 0.29) is 11.8 Å². The van der Waals surface area contributed by atoms with Crippen molar-refractivity contribution in [3.05, 3.63) is 102 Å². The predicted octanol–water partition coefficient (Wildman–Crippen LogP) is 4.62. The maximum Gasteiger partial charge on any atom is 0.320 e. The first-order valence-electron chi connectivity index (χ1n) is 9.27. The molecule has 1 unspecified atom stereocenters. The number of urea groups is 1. The Kier molecular flexibility index (Phi) is 4.09. The van der Waals surface area contributed by atoms with Crippen LogP contribution < -0.4 is 10.6 Å². The summed E-state index contributed by atoms with van der Waals surface area (Å²) in [7, 11) is 0. The Labute approximate surface area is 166 Å². The third-order valence-electron chi connectivity index (χ3n) is 4.98. The number of hydrogen-bond acceptors (Lipinski definition) is 2. The second kappa shape index (κ2) is 6.91. The lowest BCUT2D eigenvalue weighted by Crippen LogP contribution is -2.43. The van der Waals surface area contributed by atoms with Crippen molar-refractivity contribution in [1.82, 2.24) is 20.6 Å². The molecule has 0 spiro atoms. The average Bonchev–Trinajstić information content (AvgIpc) is 3.18. The molecule has 4 aromatic rings. The van der Waals surface area contributed by atoms with Gasteiger partial charge in [0, 0.05) is 5.57 Å². The number of aromatic nitrogens is 2. The highest BCUT2D eigenvalue weighted by molar-refractivity contribution is 6.02. The van der Waals surface area contributed by atoms with Gasteiger partial charge in [-0.15, -0.1) is 0 Å². The lowest BCUT2D eigenvalue weighted by Gasteiger charge is -2.30. The number of nitrogens with one attached hydrogen (secondary N) is 3. The van der Waals surface area contributed by atoms with Crippen LogP contribution in [0.3, 0.4) is 0 Å². The van der Waals surface area contributed by atoms with E-state index in [1.807, 2.05) is 54.6 Å². The Balaban J connectivity index is 1.76. The van der Waals surface area contributed by atoms with Gasteiger partial charge in [-0.25, -0.2) is 14.2 Å². The Hall–Kier alpha value is -3.93. The lowest BCUT2D eigenvalue weighted by atomic mass is 9.92. The number of carbonyl (C=O) groups is 1. The van der Waals surface area contributed by atoms with Crippen molar-refractivity contribution in [3.8, 4) is 0 Å². The van der Waals surface area contributed by atoms with Crippen LogP contribution in [-0.4, -0.2) is 16.0 Å². The molecule has 5 rings (SSSR count). The SMILES string of the molecule is O=C1NC(c2ccccc2)=C(c2nc3ccccc3[nH]2)C(c2ccc(F)cc2)N1. The summed E-state index contributed by atoms with van der Waals surface area (Å²) in [4.78, 5) is 20.6. The smallest absolute Gasteiger partial charge is 0.320 e. The van der Waals surface area contributed by atoms with Crippen molar-refractivity contribution in [1.29, 1.82) is 0 Å². The monoisotopic (exact) mass is 384 g/mol. The van der Waals surface area contributed by atoms with Gasteiger partial charge >= 0.3 is 6.03 Å². The molecule has 142 valence electrons. The molecule has 0 saturated heterocycles. The molecule has 0 radical (unpaired) electrons. The zero-order valence-corrected chi connectivity index (χ0v) is 15.3. The fourth-order valence-corrected chi connectivity index (χ4v) is 3.64. The minimum absolute atomic E-state index is 0.321. The van der Waals surface area contributed by atoms with E-state index in [2.05, 4.69) is 15.6 Å². The molecule has 0 fully saturated rings. The van der Waals surface area contributed by atoms with Gasteiger partial charge in [0.05, 0.1) is 22.8 Å². The van der Waals surface area contributed by atoms with Gasteiger partial charge in [0.25, 0.3) is 0 Å². The van der Waals surface area contributed by atoms with Crippen LogP contribution in [0, 0.1) is 5.82 Å². The number of imidazole rings is 1. The fraction of sp³-hybridized carbons (Fsp3) is 0.0435. The highest BCUT2D eigenvalue weighted by atomic mass is 19.1. The second-order valence-electron chi connectivity index (χ2n) is 6.84. The standard InChI is InChI=1S/C23H17FN4O/c24-16-12-10-15(11-13-16)21-19(22-25-17-8-4-5-9-18(17)26-22)20(27-23(29)28-21)14-6-2-1-3-7-14/h1-13,21H,(H,25,26)(H2,27,28,29). The summed E-state index contributed by atoms with van der Waals surface area (Å²) in [6.07, 6.45) is 0. The van der Waals surface area contributed by atoms with Crippen LogP contribution in [-0.2, 0) is 0 Å². The van der Waals surface area contributed by atoms with Crippen LogP contribution in [0.2, 0.25) is 0 Å². The second-order valence-corrected chi connectivity index (χ2v) is 6.84. The zero-order valence-electron chi connectivity index (χ0n) is 15.3. The molecule has 2 amide bonds. The van der Waals surface area contributed by atoms with E-state index in [0.29, 0.717) is 11.5 Å². The number of hydrogen-bond donors (Lipinski definition) is 3. The summed E-state index contributed by atoms with van der Waals surface area (Å²) in [5.41, 5.74) is 4.82. The molecule has 3 aromatic carbocycles. The van der Waals surface area contributed by atoms with Crippen LogP contribution in [0.25, 0.3) is 22.3 Å². The first-order chi connectivity index (χ1) is 14.2. The van der Waals surface area contributed by atoms with Crippen molar-refractivity contribution >= 4 is 28.3 Å². The molecular weight excluding hydrogens is 367 g/mol. The molecule has 0 bridgehead atoms. The summed E-state index contributed by atoms with van der Waals surface area (Å²) in [5, 5.41) is 5.89. The molecule has 0 aliphatic carbocycles. The Morgan fingerprint density at radius 1 is 0.862 bits per heavy atom. The first-order valence-corrected chi connectivity index (χ1v) is 9.27. The molecule has 3 N–H and O–H groups in total. The van der Waals surface area contributed by atoms with Crippen molar-refractivity contribution in [2.24, 2.45) is 0 Å². The summed E-state index contributed by atoms with van der Waals surface area (Å²) < 4.78 is 13.5. The lowest BCUT2D eigenvalue weighted by molar-refractivity contribution is 0.242. The van der Waals surface area contributed by atoms with Crippen molar-refractivity contribution in [3.63, 3.8) is 0 Å². The van der Waals surface area contributed by atoms with Crippen LogP contribution in [0.5, 0.6) is 0 Å². The van der Waals surface area contributed by atoms with Gasteiger partial charge < -0.3 is 15.6 Å². The number of aromatic amines is 1. The van der Waals surface area contributed by atoms with Crippen LogP contribution in [0.4, 0.5) is 9.18 Å². The number of nitrogens with zero attached hydrogens (tertiary/aromatic N) is 1. The normalized spacial score (nSPS) is 16.6. The highest BCUT2D eigenvalue weighted by Crippen LogP contribution is 2.37. The number of amides is 2. The fourth-order valence-electron chi connectivity index (χ4n) is 3.64. The van der Waals surface area contributed by atoms with Gasteiger partial charge in [-0.05, 0) is 35.4 Å². The van der Waals surface area contributed by atoms with Crippen LogP contribution >= 0.6 is 0 Å². The summed E-state index contributed by atoms with van der Waals surface area (Å²) in [5.74, 6) is 0.318. The number of benzene rings is 3. The molecule has 1 aromatic heterocycles. The molecule has 2 heterocycles. The van der Waals surface area contributed by atoms with Crippen LogP contribution in [0.1, 0.15) is 23.0 Å². The first kappa shape index (κ1) is 17.2. The zero-order chi connectivity index (χ0) is 19.8. The van der Waals surface area contributed by atoms with Gasteiger partial charge in [-0.2, -0.15) is 0 Å². The van der Waals surface area contributed by atoms with E-state index in [4.69, 9.17) is 4.98 Å². The number of H-pyrrole nitrogens is 1. The predicted molar refractivity (Wildman–Crippen MR) is 110 cm³/mol. The van der Waals surface area contributed by atoms with Gasteiger partial charge in [0.2, 0.25) is 0 Å². The third-order valence-corrected chi connectivity index (χ3v) is 4.98. The average molecular weight is 384 g/mol. The third kappa shape index (κ3) is 3.14. The largest absolute Gasteiger partial charge is 0.338 e. The Morgan fingerprint density at radius 3 is 2.34 bits per heavy atom. The van der Waals surface area contributed by atoms with E-state index in [9.17, 15) is 9.18 Å². The summed E-state index contributed by atoms with van der Waals surface area (Å²) in [6.45, 7) is 0. The van der Waals surface area contributed by atoms with E-state index in [1.165, 1.54) is 12.1 Å². The van der Waals surface area contributed by atoms with E-state index in [0.717, 1.165) is 27.7 Å². The van der Waals surface area contributed by atoms with E-state index >= 15 is 0 Å². The molecule has 0 saturated carbocycles. The number of rotatable bonds is 3. The van der Waals surface area contributed by atoms with Gasteiger partial charge in [0.1, 0.15) is 11.6 Å². The summed E-state index contributed by atoms with van der Waals surface area (Å²) >= 11 is 0. The van der Waals surface area contributed by atoms with Crippen molar-refractivity contribution in [2.45, 2.75) is 6.04 Å². The van der Waals surface area contributed by atoms with Gasteiger partial charge in [0.15, 0.2) is 0 Å². The Morgan fingerprint density at radius 2 is 1.59 bits per heavy atom. The molecular formula is C23H17FN4O. The molecule has 29 heavy (non-hydrogen) atoms. The minimum Gasteiger partial charge on any atom is -0.338 e. The molecule has 1 atom stereocenters. The Bertz CT molecular complexity index is 1200. The van der Waals surface area contributed by atoms with Crippen molar-refractivity contribution in [2.75, 3.05) is 0 Å². The number of para-hydroxylation sites is 2. The van der Waals surface area contributed by atoms with E-state index < -0.39 is 6.04 Å². The van der Waals surface area contributed by atoms with Gasteiger partial charge in [-0.3, -0.25) is 0 Å². The number of carbonyl (C=O) groups excluding carboxylic acids is 1. The maximum atomic E-state index is 13.5. The van der Waals surface area contributed by atoms with Crippen LogP contribution in [0.15, 0.2) is 78.9 Å². The maximum absolute atomic E-state index is 13.5. The molecule has 1 aliphatic heterocycles. The van der Waals surface area contributed by atoms with Crippen molar-refractivity contribution < 1.29 is 9.18 Å². The highest BCUT2D eigenvalue weighted by Gasteiger charge is 2.31. The molecule has 6 heteroatoms. The summed E-state index contributed by atoms with van der Waals surface area (Å²) in [6, 6.07) is 22.7. The number of halogens is 1. The van der Waals surface area contributed by atoms with E-state index in [1.54, 1.807) is 12.1 Å². The minimum atomic E-state index is -0.486. The molecule has 1 aliphatic rings. The topological polar surface area (TPSA) is 69.8 Å². The van der Waals surface area contributed by atoms with Gasteiger partial charge in [-0.1, -0.05) is 54.6 Å².